The Morgan fingerprint density at radius 3 is 2.47 bits per heavy atom. The molecule has 172 valence electrons. The lowest BCUT2D eigenvalue weighted by Crippen LogP contribution is -2.18. The number of primary sulfonamides is 1. The summed E-state index contributed by atoms with van der Waals surface area (Å²) in [4.78, 5) is 6.98. The minimum absolute atomic E-state index is 0.000296. The second kappa shape index (κ2) is 8.44. The molecule has 3 aromatic rings. The summed E-state index contributed by atoms with van der Waals surface area (Å²) in [7, 11) is -4.14. The van der Waals surface area contributed by atoms with Crippen molar-refractivity contribution in [3.05, 3.63) is 48.2 Å². The van der Waals surface area contributed by atoms with Crippen LogP contribution in [0.5, 0.6) is 0 Å². The lowest BCUT2D eigenvalue weighted by molar-refractivity contribution is -0.137. The van der Waals surface area contributed by atoms with Gasteiger partial charge in [-0.1, -0.05) is 0 Å². The van der Waals surface area contributed by atoms with Crippen molar-refractivity contribution < 1.29 is 31.1 Å². The van der Waals surface area contributed by atoms with Crippen LogP contribution in [0.1, 0.15) is 25.5 Å². The molecule has 0 fully saturated rings. The van der Waals surface area contributed by atoms with E-state index in [1.54, 1.807) is 6.92 Å². The molecular formula is C18H18F4N6O3S. The molecule has 0 saturated carbocycles. The molecule has 0 spiro atoms. The number of benzene rings is 1. The summed E-state index contributed by atoms with van der Waals surface area (Å²) in [5.74, 6) is -1.40. The molecule has 0 aliphatic heterocycles. The fraction of sp³-hybridized carbons (Fsp3) is 0.278. The van der Waals surface area contributed by atoms with E-state index in [2.05, 4.69) is 20.4 Å². The maximum absolute atomic E-state index is 14.3. The molecule has 4 N–H and O–H groups in total. The number of nitrogens with two attached hydrogens (primary N) is 1. The van der Waals surface area contributed by atoms with E-state index in [0.29, 0.717) is 12.3 Å². The van der Waals surface area contributed by atoms with Crippen LogP contribution in [-0.4, -0.2) is 39.4 Å². The molecule has 0 aliphatic carbocycles. The monoisotopic (exact) mass is 474 g/mol. The minimum atomic E-state index is -4.78. The van der Waals surface area contributed by atoms with Gasteiger partial charge in [0, 0.05) is 18.0 Å². The lowest BCUT2D eigenvalue weighted by atomic mass is 10.1. The van der Waals surface area contributed by atoms with Crippen LogP contribution in [0.25, 0.3) is 11.3 Å². The third kappa shape index (κ3) is 5.03. The summed E-state index contributed by atoms with van der Waals surface area (Å²) in [6, 6.07) is 2.21. The summed E-state index contributed by atoms with van der Waals surface area (Å²) < 4.78 is 78.7. The van der Waals surface area contributed by atoms with E-state index in [4.69, 9.17) is 5.14 Å². The van der Waals surface area contributed by atoms with Crippen molar-refractivity contribution in [2.24, 2.45) is 5.14 Å². The van der Waals surface area contributed by atoms with Gasteiger partial charge in [-0.2, -0.15) is 18.3 Å². The van der Waals surface area contributed by atoms with Crippen molar-refractivity contribution in [2.45, 2.75) is 37.1 Å². The summed E-state index contributed by atoms with van der Waals surface area (Å²) in [6.45, 7) is 3.14. The molecule has 32 heavy (non-hydrogen) atoms. The summed E-state index contributed by atoms with van der Waals surface area (Å²) in [5, 5.41) is 21.0. The highest BCUT2D eigenvalue weighted by atomic mass is 32.2. The molecule has 3 rings (SSSR count). The molecule has 0 aliphatic rings. The molecule has 2 atom stereocenters. The highest BCUT2D eigenvalue weighted by Gasteiger charge is 2.36. The number of nitrogens with zero attached hydrogens (tertiary/aromatic N) is 4. The maximum Gasteiger partial charge on any atom is 0.419 e. The van der Waals surface area contributed by atoms with Gasteiger partial charge >= 0.3 is 6.18 Å². The molecule has 0 unspecified atom stereocenters. The Morgan fingerprint density at radius 2 is 1.91 bits per heavy atom. The van der Waals surface area contributed by atoms with Crippen molar-refractivity contribution in [1.29, 1.82) is 0 Å². The van der Waals surface area contributed by atoms with E-state index in [0.717, 1.165) is 18.3 Å². The third-order valence-electron chi connectivity index (χ3n) is 4.60. The molecule has 1 aromatic carbocycles. The molecule has 0 amide bonds. The highest BCUT2D eigenvalue weighted by molar-refractivity contribution is 7.89. The van der Waals surface area contributed by atoms with Gasteiger partial charge in [0.1, 0.15) is 11.4 Å². The third-order valence-corrected chi connectivity index (χ3v) is 5.51. The summed E-state index contributed by atoms with van der Waals surface area (Å²) >= 11 is 0. The van der Waals surface area contributed by atoms with Gasteiger partial charge in [0.05, 0.1) is 34.6 Å². The average Bonchev–Trinajstić information content (AvgIpc) is 3.17. The maximum atomic E-state index is 14.3. The predicted octanol–water partition coefficient (Wildman–Crippen LogP) is 2.83. The van der Waals surface area contributed by atoms with Gasteiger partial charge in [0.15, 0.2) is 0 Å². The quantitative estimate of drug-likeness (QED) is 0.468. The second-order valence-electron chi connectivity index (χ2n) is 6.96. The number of hydrogen-bond donors (Lipinski definition) is 3. The van der Waals surface area contributed by atoms with Gasteiger partial charge < -0.3 is 10.4 Å². The zero-order chi connectivity index (χ0) is 23.8. The number of rotatable bonds is 6. The first-order valence-corrected chi connectivity index (χ1v) is 10.6. The van der Waals surface area contributed by atoms with E-state index in [1.807, 2.05) is 0 Å². The van der Waals surface area contributed by atoms with Crippen LogP contribution in [-0.2, 0) is 16.2 Å². The number of halogens is 4. The first kappa shape index (κ1) is 23.6. The van der Waals surface area contributed by atoms with Crippen LogP contribution < -0.4 is 10.5 Å². The highest BCUT2D eigenvalue weighted by Crippen LogP contribution is 2.36. The van der Waals surface area contributed by atoms with E-state index in [9.17, 15) is 31.1 Å². The van der Waals surface area contributed by atoms with Crippen molar-refractivity contribution in [1.82, 2.24) is 19.7 Å². The van der Waals surface area contributed by atoms with Crippen molar-refractivity contribution in [3.63, 3.8) is 0 Å². The number of alkyl halides is 3. The van der Waals surface area contributed by atoms with Gasteiger partial charge in [-0.3, -0.25) is 4.68 Å². The lowest BCUT2D eigenvalue weighted by Gasteiger charge is -2.15. The normalized spacial score (nSPS) is 14.2. The molecule has 9 nitrogen and oxygen atoms in total. The average molecular weight is 474 g/mol. The van der Waals surface area contributed by atoms with Gasteiger partial charge in [0.25, 0.3) is 0 Å². The van der Waals surface area contributed by atoms with Crippen molar-refractivity contribution in [3.8, 4) is 11.3 Å². The number of aliphatic hydroxyl groups is 1. The zero-order valence-corrected chi connectivity index (χ0v) is 17.5. The van der Waals surface area contributed by atoms with Crippen LogP contribution in [0.2, 0.25) is 0 Å². The van der Waals surface area contributed by atoms with E-state index in [-0.39, 0.29) is 17.2 Å². The van der Waals surface area contributed by atoms with Crippen LogP contribution in [0, 0.1) is 5.82 Å². The Bertz CT molecular complexity index is 1240. The Labute approximate surface area is 180 Å². The molecule has 0 radical (unpaired) electrons. The Morgan fingerprint density at radius 1 is 1.22 bits per heavy atom. The summed E-state index contributed by atoms with van der Waals surface area (Å²) in [6.07, 6.45) is -2.61. The smallest absolute Gasteiger partial charge is 0.391 e. The fourth-order valence-corrected chi connectivity index (χ4v) is 3.19. The number of hydrogen-bond acceptors (Lipinski definition) is 7. The van der Waals surface area contributed by atoms with Crippen LogP contribution in [0.3, 0.4) is 0 Å². The molecule has 2 aromatic heterocycles. The Kier molecular flexibility index (Phi) is 6.22. The van der Waals surface area contributed by atoms with Crippen molar-refractivity contribution in [2.75, 3.05) is 5.32 Å². The molecule has 2 heterocycles. The molecule has 14 heteroatoms. The van der Waals surface area contributed by atoms with E-state index in [1.165, 1.54) is 17.8 Å². The van der Waals surface area contributed by atoms with E-state index < -0.39 is 50.3 Å². The number of anilines is 2. The Balaban J connectivity index is 2.02. The van der Waals surface area contributed by atoms with Crippen LogP contribution in [0.15, 0.2) is 41.7 Å². The van der Waals surface area contributed by atoms with Gasteiger partial charge in [-0.25, -0.2) is 27.9 Å². The molecule has 0 saturated heterocycles. The zero-order valence-electron chi connectivity index (χ0n) is 16.7. The van der Waals surface area contributed by atoms with Gasteiger partial charge in [0.2, 0.25) is 16.0 Å². The number of aliphatic hydroxyl groups excluding tert-OH is 1. The summed E-state index contributed by atoms with van der Waals surface area (Å²) in [5.41, 5.74) is -1.93. The van der Waals surface area contributed by atoms with Crippen LogP contribution >= 0.6 is 0 Å². The van der Waals surface area contributed by atoms with Crippen molar-refractivity contribution >= 4 is 21.7 Å². The predicted molar refractivity (Wildman–Crippen MR) is 106 cm³/mol. The van der Waals surface area contributed by atoms with Gasteiger partial charge in [-0.15, -0.1) is 0 Å². The first-order chi connectivity index (χ1) is 14.8. The molecular weight excluding hydrogens is 456 g/mol. The number of nitrogens with one attached hydrogen (secondary N) is 1. The van der Waals surface area contributed by atoms with Crippen LogP contribution in [0.4, 0.5) is 29.2 Å². The number of aromatic nitrogens is 4. The first-order valence-electron chi connectivity index (χ1n) is 9.03. The minimum Gasteiger partial charge on any atom is -0.391 e. The topological polar surface area (TPSA) is 136 Å². The van der Waals surface area contributed by atoms with E-state index >= 15 is 0 Å². The standard InChI is InChI=1S/C18H18F4N6O3S/c1-9(10(2)29)28-8-11(6-25-28)16-13(18(20,21)22)7-24-17(27-16)26-15-4-3-12(5-14(15)19)32(23,30)31/h3-10,29H,1-2H3,(H2,23,30,31)(H,24,26,27)/t9-,10+/m0/s1. The largest absolute Gasteiger partial charge is 0.419 e. The SMILES string of the molecule is C[C@@H](O)[C@H](C)n1cc(-c2nc(Nc3ccc(S(N)(=O)=O)cc3F)ncc2C(F)(F)F)cn1. The number of sulfonamides is 1. The Hall–Kier alpha value is -3.10. The molecule has 0 bridgehead atoms. The fourth-order valence-electron chi connectivity index (χ4n) is 2.67. The van der Waals surface area contributed by atoms with Gasteiger partial charge in [-0.05, 0) is 32.0 Å². The second-order valence-corrected chi connectivity index (χ2v) is 8.52.